The van der Waals surface area contributed by atoms with Gasteiger partial charge in [0.15, 0.2) is 0 Å². The number of hydrogen-bond donors (Lipinski definition) is 0. The monoisotopic (exact) mass is 238 g/mol. The molecule has 17 heavy (non-hydrogen) atoms. The first-order valence-corrected chi connectivity index (χ1v) is 7.55. The zero-order chi connectivity index (χ0) is 12.8. The Bertz CT molecular complexity index is 271. The molecule has 0 amide bonds. The first-order chi connectivity index (χ1) is 7.87. The van der Waals surface area contributed by atoms with Crippen LogP contribution < -0.4 is 0 Å². The summed E-state index contributed by atoms with van der Waals surface area (Å²) in [5, 5.41) is 0. The van der Waals surface area contributed by atoms with Crippen LogP contribution >= 0.6 is 0 Å². The minimum absolute atomic E-state index is 0.207. The Morgan fingerprint density at radius 3 is 2.35 bits per heavy atom. The van der Waals surface area contributed by atoms with E-state index in [1.165, 1.54) is 19.3 Å². The van der Waals surface area contributed by atoms with Crippen molar-refractivity contribution in [1.82, 2.24) is 0 Å². The number of rotatable bonds is 3. The highest BCUT2D eigenvalue weighted by Crippen LogP contribution is 2.57. The smallest absolute Gasteiger partial charge is 0.0723 e. The minimum Gasteiger partial charge on any atom is -0.371 e. The Morgan fingerprint density at radius 2 is 1.82 bits per heavy atom. The van der Waals surface area contributed by atoms with Crippen LogP contribution in [0.15, 0.2) is 0 Å². The Kier molecular flexibility index (Phi) is 3.60. The average molecular weight is 238 g/mol. The first-order valence-electron chi connectivity index (χ1n) is 7.55. The highest BCUT2D eigenvalue weighted by molar-refractivity contribution is 5.06. The molecule has 0 aromatic carbocycles. The SMILES string of the molecule is CC(C)CC12CCC(C)C(C(C)O1)C2C(C)C. The van der Waals surface area contributed by atoms with Crippen molar-refractivity contribution in [2.24, 2.45) is 29.6 Å². The molecule has 100 valence electrons. The van der Waals surface area contributed by atoms with Crippen molar-refractivity contribution in [1.29, 1.82) is 0 Å². The van der Waals surface area contributed by atoms with E-state index in [9.17, 15) is 0 Å². The Labute approximate surface area is 107 Å². The largest absolute Gasteiger partial charge is 0.371 e. The Balaban J connectivity index is 2.30. The summed E-state index contributed by atoms with van der Waals surface area (Å²) in [7, 11) is 0. The van der Waals surface area contributed by atoms with Gasteiger partial charge in [-0.05, 0) is 55.8 Å². The molecule has 5 atom stereocenters. The predicted molar refractivity (Wildman–Crippen MR) is 72.9 cm³/mol. The van der Waals surface area contributed by atoms with Gasteiger partial charge in [-0.1, -0.05) is 34.6 Å². The van der Waals surface area contributed by atoms with Gasteiger partial charge < -0.3 is 4.74 Å². The van der Waals surface area contributed by atoms with Gasteiger partial charge >= 0.3 is 0 Å². The molecule has 5 unspecified atom stereocenters. The fraction of sp³-hybridized carbons (Fsp3) is 1.00. The quantitative estimate of drug-likeness (QED) is 0.703. The molecule has 2 rings (SSSR count). The van der Waals surface area contributed by atoms with E-state index in [0.29, 0.717) is 6.10 Å². The van der Waals surface area contributed by atoms with Crippen LogP contribution in [0.2, 0.25) is 0 Å². The number of ether oxygens (including phenoxy) is 1. The molecule has 0 aromatic heterocycles. The zero-order valence-corrected chi connectivity index (χ0v) is 12.5. The fourth-order valence-corrected chi connectivity index (χ4v) is 4.91. The van der Waals surface area contributed by atoms with Crippen molar-refractivity contribution < 1.29 is 4.74 Å². The molecule has 0 N–H and O–H groups in total. The Hall–Kier alpha value is -0.0400. The van der Waals surface area contributed by atoms with Crippen LogP contribution in [0.5, 0.6) is 0 Å². The van der Waals surface area contributed by atoms with Gasteiger partial charge in [0.05, 0.1) is 11.7 Å². The summed E-state index contributed by atoms with van der Waals surface area (Å²) in [5.41, 5.74) is 0.207. The molecule has 1 saturated carbocycles. The summed E-state index contributed by atoms with van der Waals surface area (Å²) in [6, 6.07) is 0. The van der Waals surface area contributed by atoms with Crippen LogP contribution in [0.4, 0.5) is 0 Å². The van der Waals surface area contributed by atoms with Gasteiger partial charge in [-0.3, -0.25) is 0 Å². The van der Waals surface area contributed by atoms with Gasteiger partial charge in [0, 0.05) is 0 Å². The molecular formula is C16H30O. The molecule has 1 heteroatoms. The maximum atomic E-state index is 6.53. The molecule has 1 heterocycles. The lowest BCUT2D eigenvalue weighted by Gasteiger charge is -2.45. The van der Waals surface area contributed by atoms with Crippen LogP contribution in [-0.4, -0.2) is 11.7 Å². The fourth-order valence-electron chi connectivity index (χ4n) is 4.91. The third-order valence-corrected chi connectivity index (χ3v) is 5.14. The van der Waals surface area contributed by atoms with E-state index in [2.05, 4.69) is 41.5 Å². The van der Waals surface area contributed by atoms with Crippen LogP contribution in [-0.2, 0) is 4.74 Å². The summed E-state index contributed by atoms with van der Waals surface area (Å²) >= 11 is 0. The molecule has 0 radical (unpaired) electrons. The van der Waals surface area contributed by atoms with Gasteiger partial charge in [-0.2, -0.15) is 0 Å². The van der Waals surface area contributed by atoms with Crippen LogP contribution in [0.25, 0.3) is 0 Å². The van der Waals surface area contributed by atoms with E-state index in [-0.39, 0.29) is 5.60 Å². The van der Waals surface area contributed by atoms with Crippen LogP contribution in [0.1, 0.15) is 60.8 Å². The summed E-state index contributed by atoms with van der Waals surface area (Å²) in [4.78, 5) is 0. The molecule has 2 aliphatic rings. The van der Waals surface area contributed by atoms with Crippen LogP contribution in [0, 0.1) is 29.6 Å². The van der Waals surface area contributed by atoms with E-state index in [1.54, 1.807) is 0 Å². The van der Waals surface area contributed by atoms with Gasteiger partial charge in [0.1, 0.15) is 0 Å². The number of hydrogen-bond acceptors (Lipinski definition) is 1. The lowest BCUT2D eigenvalue weighted by molar-refractivity contribution is -0.0819. The van der Waals surface area contributed by atoms with Gasteiger partial charge in [0.25, 0.3) is 0 Å². The van der Waals surface area contributed by atoms with Crippen molar-refractivity contribution in [3.63, 3.8) is 0 Å². The van der Waals surface area contributed by atoms with Gasteiger partial charge in [-0.15, -0.1) is 0 Å². The molecule has 1 nitrogen and oxygen atoms in total. The maximum Gasteiger partial charge on any atom is 0.0723 e. The predicted octanol–water partition coefficient (Wildman–Crippen LogP) is 4.51. The van der Waals surface area contributed by atoms with E-state index in [0.717, 1.165) is 29.6 Å². The van der Waals surface area contributed by atoms with Crippen molar-refractivity contribution in [2.75, 3.05) is 0 Å². The van der Waals surface area contributed by atoms with E-state index in [1.807, 2.05) is 0 Å². The summed E-state index contributed by atoms with van der Waals surface area (Å²) in [6.07, 6.45) is 4.38. The Morgan fingerprint density at radius 1 is 1.18 bits per heavy atom. The van der Waals surface area contributed by atoms with E-state index < -0.39 is 0 Å². The summed E-state index contributed by atoms with van der Waals surface area (Å²) < 4.78 is 6.53. The molecule has 1 aliphatic heterocycles. The lowest BCUT2D eigenvalue weighted by Crippen LogP contribution is -2.45. The summed E-state index contributed by atoms with van der Waals surface area (Å²) in [6.45, 7) is 14.2. The molecule has 1 saturated heterocycles. The van der Waals surface area contributed by atoms with E-state index in [4.69, 9.17) is 4.74 Å². The molecule has 0 spiro atoms. The maximum absolute atomic E-state index is 6.53. The van der Waals surface area contributed by atoms with E-state index >= 15 is 0 Å². The third kappa shape index (κ3) is 2.16. The average Bonchev–Trinajstić information content (AvgIpc) is 2.41. The second-order valence-corrected chi connectivity index (χ2v) is 7.35. The first kappa shape index (κ1) is 13.4. The number of fused-ring (bicyclic) bond motifs is 2. The normalized spacial score (nSPS) is 45.9. The molecule has 2 fully saturated rings. The highest BCUT2D eigenvalue weighted by atomic mass is 16.5. The molecular weight excluding hydrogens is 208 g/mol. The minimum atomic E-state index is 0.207. The topological polar surface area (TPSA) is 9.23 Å². The zero-order valence-electron chi connectivity index (χ0n) is 12.5. The summed E-state index contributed by atoms with van der Waals surface area (Å²) in [5.74, 6) is 3.92. The second-order valence-electron chi connectivity index (χ2n) is 7.35. The van der Waals surface area contributed by atoms with Crippen molar-refractivity contribution in [3.05, 3.63) is 0 Å². The molecule has 0 aromatic rings. The van der Waals surface area contributed by atoms with Crippen molar-refractivity contribution in [3.8, 4) is 0 Å². The van der Waals surface area contributed by atoms with Crippen molar-refractivity contribution in [2.45, 2.75) is 72.5 Å². The van der Waals surface area contributed by atoms with Crippen LogP contribution in [0.3, 0.4) is 0 Å². The molecule has 1 aliphatic carbocycles. The molecule has 2 bridgehead atoms. The third-order valence-electron chi connectivity index (χ3n) is 5.14. The van der Waals surface area contributed by atoms with Crippen molar-refractivity contribution >= 4 is 0 Å². The van der Waals surface area contributed by atoms with Gasteiger partial charge in [0.2, 0.25) is 0 Å². The standard InChI is InChI=1S/C16H30O/c1-10(2)9-16-8-7-12(5)14(13(6)17-16)15(16)11(3)4/h10-15H,7-9H2,1-6H3. The second kappa shape index (κ2) is 4.57. The van der Waals surface area contributed by atoms with Gasteiger partial charge in [-0.25, -0.2) is 0 Å². The highest BCUT2D eigenvalue weighted by Gasteiger charge is 2.58. The lowest BCUT2D eigenvalue weighted by atomic mass is 9.60.